The number of aromatic nitrogens is 2. The highest BCUT2D eigenvalue weighted by molar-refractivity contribution is 7.13. The maximum absolute atomic E-state index is 5.81. The van der Waals surface area contributed by atoms with Gasteiger partial charge in [-0.15, -0.1) is 5.10 Å². The Labute approximate surface area is 98.2 Å². The molecule has 1 saturated heterocycles. The van der Waals surface area contributed by atoms with Gasteiger partial charge in [-0.05, 0) is 36.5 Å². The number of nitrogens with zero attached hydrogens (tertiary/aromatic N) is 3. The van der Waals surface area contributed by atoms with Crippen molar-refractivity contribution >= 4 is 27.4 Å². The van der Waals surface area contributed by atoms with Crippen LogP contribution in [0, 0.1) is 0 Å². The largest absolute Gasteiger partial charge is 0.365 e. The molecule has 4 nitrogen and oxygen atoms in total. The molecule has 3 rings (SSSR count). The number of hydrogen-bond acceptors (Lipinski definition) is 5. The molecule has 1 fully saturated rings. The molecule has 1 aliphatic rings. The number of fused-ring (bicyclic) bond motifs is 1. The molecule has 5 heteroatoms. The molecule has 2 N–H and O–H groups in total. The predicted octanol–water partition coefficient (Wildman–Crippen LogP) is 1.62. The Bertz CT molecular complexity index is 495. The van der Waals surface area contributed by atoms with E-state index in [-0.39, 0.29) is 0 Å². The lowest BCUT2D eigenvalue weighted by Crippen LogP contribution is -2.35. The van der Waals surface area contributed by atoms with E-state index < -0.39 is 0 Å². The molecule has 0 amide bonds. The van der Waals surface area contributed by atoms with Crippen LogP contribution in [0.3, 0.4) is 0 Å². The average molecular weight is 234 g/mol. The van der Waals surface area contributed by atoms with Crippen molar-refractivity contribution in [2.45, 2.75) is 18.9 Å². The van der Waals surface area contributed by atoms with Crippen LogP contribution in [0.4, 0.5) is 5.69 Å². The molecule has 1 aromatic heterocycles. The Morgan fingerprint density at radius 2 is 2.44 bits per heavy atom. The summed E-state index contributed by atoms with van der Waals surface area (Å²) in [6.45, 7) is 1.80. The molecule has 84 valence electrons. The van der Waals surface area contributed by atoms with E-state index in [0.717, 1.165) is 16.8 Å². The van der Waals surface area contributed by atoms with Gasteiger partial charge < -0.3 is 10.6 Å². The number of benzene rings is 1. The summed E-state index contributed by atoms with van der Waals surface area (Å²) >= 11 is 1.45. The van der Waals surface area contributed by atoms with E-state index in [9.17, 15) is 0 Å². The first-order valence-electron chi connectivity index (χ1n) is 5.58. The summed E-state index contributed by atoms with van der Waals surface area (Å²) in [5, 5.41) is 4.22. The van der Waals surface area contributed by atoms with Crippen molar-refractivity contribution in [1.82, 2.24) is 9.59 Å². The minimum Gasteiger partial charge on any atom is -0.365 e. The van der Waals surface area contributed by atoms with E-state index in [4.69, 9.17) is 5.73 Å². The second kappa shape index (κ2) is 3.99. The number of nitrogens with two attached hydrogens (primary N) is 1. The molecule has 0 spiro atoms. The average Bonchev–Trinajstić information content (AvgIpc) is 2.96. The summed E-state index contributed by atoms with van der Waals surface area (Å²) in [6, 6.07) is 6.73. The number of rotatable bonds is 2. The van der Waals surface area contributed by atoms with Crippen molar-refractivity contribution in [3.8, 4) is 0 Å². The minimum atomic E-state index is 0.465. The highest BCUT2D eigenvalue weighted by Crippen LogP contribution is 2.31. The van der Waals surface area contributed by atoms with Gasteiger partial charge in [-0.25, -0.2) is 0 Å². The zero-order valence-corrected chi connectivity index (χ0v) is 9.78. The minimum absolute atomic E-state index is 0.465. The SMILES string of the molecule is NCC1CCCN1c1cccc2snnc12. The first kappa shape index (κ1) is 9.99. The standard InChI is InChI=1S/C11H14N4S/c12-7-8-3-2-6-15(8)9-4-1-5-10-11(9)13-14-16-10/h1,4-5,8H,2-3,6-7,12H2. The maximum atomic E-state index is 5.81. The molecule has 1 aromatic carbocycles. The zero-order chi connectivity index (χ0) is 11.0. The molecule has 2 heterocycles. The predicted molar refractivity (Wildman–Crippen MR) is 66.8 cm³/mol. The lowest BCUT2D eigenvalue weighted by Gasteiger charge is -2.25. The molecule has 16 heavy (non-hydrogen) atoms. The van der Waals surface area contributed by atoms with Crippen molar-refractivity contribution in [3.63, 3.8) is 0 Å². The van der Waals surface area contributed by atoms with Gasteiger partial charge in [-0.2, -0.15) is 0 Å². The topological polar surface area (TPSA) is 55.0 Å². The van der Waals surface area contributed by atoms with Crippen molar-refractivity contribution in [3.05, 3.63) is 18.2 Å². The fourth-order valence-electron chi connectivity index (χ4n) is 2.42. The number of hydrogen-bond donors (Lipinski definition) is 1. The molecule has 0 saturated carbocycles. The zero-order valence-electron chi connectivity index (χ0n) is 8.97. The Hall–Kier alpha value is -1.20. The molecule has 1 unspecified atom stereocenters. The molecule has 2 aromatic rings. The van der Waals surface area contributed by atoms with Gasteiger partial charge in [-0.3, -0.25) is 0 Å². The monoisotopic (exact) mass is 234 g/mol. The van der Waals surface area contributed by atoms with Crippen LogP contribution >= 0.6 is 11.5 Å². The lowest BCUT2D eigenvalue weighted by atomic mass is 10.2. The third-order valence-electron chi connectivity index (χ3n) is 3.22. The summed E-state index contributed by atoms with van der Waals surface area (Å²) in [5.41, 5.74) is 8.02. The first-order valence-corrected chi connectivity index (χ1v) is 6.35. The fraction of sp³-hybridized carbons (Fsp3) is 0.455. The molecule has 0 radical (unpaired) electrons. The highest BCUT2D eigenvalue weighted by atomic mass is 32.1. The van der Waals surface area contributed by atoms with Gasteiger partial charge in [0.15, 0.2) is 0 Å². The molecular formula is C11H14N4S. The van der Waals surface area contributed by atoms with Gasteiger partial charge in [0.25, 0.3) is 0 Å². The van der Waals surface area contributed by atoms with Gasteiger partial charge in [0.2, 0.25) is 0 Å². The summed E-state index contributed by atoms with van der Waals surface area (Å²) in [7, 11) is 0. The van der Waals surface area contributed by atoms with Crippen molar-refractivity contribution < 1.29 is 0 Å². The van der Waals surface area contributed by atoms with E-state index in [1.165, 1.54) is 30.1 Å². The lowest BCUT2D eigenvalue weighted by molar-refractivity contribution is 0.678. The molecular weight excluding hydrogens is 220 g/mol. The third kappa shape index (κ3) is 1.47. The van der Waals surface area contributed by atoms with Crippen LogP contribution in [0.1, 0.15) is 12.8 Å². The molecule has 0 bridgehead atoms. The Kier molecular flexibility index (Phi) is 2.49. The second-order valence-electron chi connectivity index (χ2n) is 4.12. The van der Waals surface area contributed by atoms with E-state index >= 15 is 0 Å². The van der Waals surface area contributed by atoms with Crippen LogP contribution in [0.2, 0.25) is 0 Å². The second-order valence-corrected chi connectivity index (χ2v) is 4.91. The van der Waals surface area contributed by atoms with Crippen molar-refractivity contribution in [2.75, 3.05) is 18.0 Å². The van der Waals surface area contributed by atoms with Gasteiger partial charge in [-0.1, -0.05) is 10.6 Å². The van der Waals surface area contributed by atoms with Crippen molar-refractivity contribution in [2.24, 2.45) is 5.73 Å². The van der Waals surface area contributed by atoms with E-state index in [0.29, 0.717) is 12.6 Å². The normalized spacial score (nSPS) is 20.8. The maximum Gasteiger partial charge on any atom is 0.129 e. The Morgan fingerprint density at radius 3 is 3.31 bits per heavy atom. The van der Waals surface area contributed by atoms with Gasteiger partial charge in [0, 0.05) is 19.1 Å². The summed E-state index contributed by atoms with van der Waals surface area (Å²) in [4.78, 5) is 2.38. The summed E-state index contributed by atoms with van der Waals surface area (Å²) in [6.07, 6.45) is 2.40. The van der Waals surface area contributed by atoms with E-state index in [2.05, 4.69) is 32.7 Å². The molecule has 0 aliphatic carbocycles. The summed E-state index contributed by atoms with van der Waals surface area (Å²) in [5.74, 6) is 0. The van der Waals surface area contributed by atoms with Crippen LogP contribution in [0.5, 0.6) is 0 Å². The van der Waals surface area contributed by atoms with E-state index in [1.54, 1.807) is 0 Å². The smallest absolute Gasteiger partial charge is 0.129 e. The Balaban J connectivity index is 2.07. The van der Waals surface area contributed by atoms with Crippen LogP contribution in [-0.4, -0.2) is 28.7 Å². The number of anilines is 1. The van der Waals surface area contributed by atoms with Gasteiger partial charge >= 0.3 is 0 Å². The summed E-state index contributed by atoms with van der Waals surface area (Å²) < 4.78 is 5.17. The van der Waals surface area contributed by atoms with Crippen LogP contribution in [0.15, 0.2) is 18.2 Å². The van der Waals surface area contributed by atoms with Gasteiger partial charge in [0.05, 0.1) is 10.4 Å². The van der Waals surface area contributed by atoms with Crippen LogP contribution < -0.4 is 10.6 Å². The van der Waals surface area contributed by atoms with E-state index in [1.807, 2.05) is 0 Å². The first-order chi connectivity index (χ1) is 7.90. The highest BCUT2D eigenvalue weighted by Gasteiger charge is 2.25. The third-order valence-corrected chi connectivity index (χ3v) is 3.91. The van der Waals surface area contributed by atoms with Crippen LogP contribution in [0.25, 0.3) is 10.2 Å². The quantitative estimate of drug-likeness (QED) is 0.858. The van der Waals surface area contributed by atoms with Gasteiger partial charge in [0.1, 0.15) is 5.52 Å². The fourth-order valence-corrected chi connectivity index (χ4v) is 3.00. The van der Waals surface area contributed by atoms with Crippen molar-refractivity contribution in [1.29, 1.82) is 0 Å². The molecule has 1 aliphatic heterocycles. The van der Waals surface area contributed by atoms with Crippen LogP contribution in [-0.2, 0) is 0 Å². The Morgan fingerprint density at radius 1 is 1.50 bits per heavy atom. The molecule has 1 atom stereocenters.